The molecule has 0 amide bonds. The lowest BCUT2D eigenvalue weighted by atomic mass is 10.2. The van der Waals surface area contributed by atoms with Crippen LogP contribution in [0.2, 0.25) is 0 Å². The summed E-state index contributed by atoms with van der Waals surface area (Å²) in [6.07, 6.45) is 2.15. The predicted molar refractivity (Wildman–Crippen MR) is 84.1 cm³/mol. The molecular weight excluding hydrogens is 287 g/mol. The van der Waals surface area contributed by atoms with Crippen molar-refractivity contribution < 1.29 is 4.39 Å². The summed E-state index contributed by atoms with van der Waals surface area (Å²) < 4.78 is 15.7. The molecule has 0 aliphatic carbocycles. The van der Waals surface area contributed by atoms with Gasteiger partial charge in [0.05, 0.1) is 5.52 Å². The summed E-state index contributed by atoms with van der Waals surface area (Å²) in [4.78, 5) is 4.61. The second kappa shape index (κ2) is 5.97. The number of rotatable bonds is 5. The van der Waals surface area contributed by atoms with Crippen molar-refractivity contribution in [3.05, 3.63) is 24.0 Å². The van der Waals surface area contributed by atoms with Crippen LogP contribution in [0.25, 0.3) is 22.1 Å². The van der Waals surface area contributed by atoms with Crippen LogP contribution in [-0.4, -0.2) is 25.5 Å². The number of unbranched alkanes of at least 4 members (excludes halogenated alkanes) is 1. The Kier molecular flexibility index (Phi) is 4.05. The number of benzene rings is 1. The van der Waals surface area contributed by atoms with E-state index in [0.29, 0.717) is 10.7 Å². The average Bonchev–Trinajstić information content (AvgIpc) is 2.78. The van der Waals surface area contributed by atoms with Crippen molar-refractivity contribution in [2.24, 2.45) is 0 Å². The van der Waals surface area contributed by atoms with E-state index < -0.39 is 0 Å². The zero-order chi connectivity index (χ0) is 14.8. The Morgan fingerprint density at radius 3 is 2.86 bits per heavy atom. The van der Waals surface area contributed by atoms with Gasteiger partial charge in [0.15, 0.2) is 5.65 Å². The van der Waals surface area contributed by atoms with Gasteiger partial charge in [0.25, 0.3) is 0 Å². The molecule has 110 valence electrons. The molecule has 0 aliphatic rings. The van der Waals surface area contributed by atoms with Gasteiger partial charge >= 0.3 is 0 Å². The number of hydrogen-bond acceptors (Lipinski definition) is 4. The maximum absolute atomic E-state index is 13.5. The van der Waals surface area contributed by atoms with E-state index >= 15 is 0 Å². The molecule has 0 atom stereocenters. The second-order valence-corrected chi connectivity index (χ2v) is 6.10. The standard InChI is InChI=1S/C15H17FN4S/c1-3-5-8-20-12-7-6-10(16)9-11(12)13-14(20)17-15(19-18-13)21-4-2/h6-7,9H,3-5,8H2,1-2H3. The lowest BCUT2D eigenvalue weighted by molar-refractivity contribution is 0.628. The highest BCUT2D eigenvalue weighted by Crippen LogP contribution is 2.28. The van der Waals surface area contributed by atoms with Gasteiger partial charge in [-0.05, 0) is 30.4 Å². The van der Waals surface area contributed by atoms with E-state index in [1.165, 1.54) is 12.1 Å². The summed E-state index contributed by atoms with van der Waals surface area (Å²) in [6, 6.07) is 4.80. The van der Waals surface area contributed by atoms with E-state index in [1.54, 1.807) is 17.8 Å². The summed E-state index contributed by atoms with van der Waals surface area (Å²) in [5, 5.41) is 9.87. The summed E-state index contributed by atoms with van der Waals surface area (Å²) in [6.45, 7) is 5.07. The molecule has 3 aromatic rings. The molecule has 2 heterocycles. The quantitative estimate of drug-likeness (QED) is 0.667. The van der Waals surface area contributed by atoms with E-state index in [9.17, 15) is 4.39 Å². The van der Waals surface area contributed by atoms with Crippen molar-refractivity contribution in [3.63, 3.8) is 0 Å². The van der Waals surface area contributed by atoms with Crippen molar-refractivity contribution in [2.75, 3.05) is 5.75 Å². The molecule has 1 aromatic carbocycles. The lowest BCUT2D eigenvalue weighted by Crippen LogP contribution is -2.00. The van der Waals surface area contributed by atoms with E-state index in [4.69, 9.17) is 0 Å². The number of hydrogen-bond donors (Lipinski definition) is 0. The third-order valence-corrected chi connectivity index (χ3v) is 4.14. The molecule has 0 saturated heterocycles. The highest BCUT2D eigenvalue weighted by molar-refractivity contribution is 7.99. The first-order chi connectivity index (χ1) is 10.2. The molecule has 3 rings (SSSR count). The number of halogens is 1. The molecule has 4 nitrogen and oxygen atoms in total. The van der Waals surface area contributed by atoms with Gasteiger partial charge in [-0.2, -0.15) is 0 Å². The topological polar surface area (TPSA) is 43.6 Å². The maximum atomic E-state index is 13.5. The summed E-state index contributed by atoms with van der Waals surface area (Å²) >= 11 is 1.56. The molecule has 0 N–H and O–H groups in total. The number of aromatic nitrogens is 4. The molecular formula is C15H17FN4S. The Bertz CT molecular complexity index is 784. The fraction of sp³-hybridized carbons (Fsp3) is 0.400. The highest BCUT2D eigenvalue weighted by atomic mass is 32.2. The first kappa shape index (κ1) is 14.3. The molecule has 0 aliphatic heterocycles. The van der Waals surface area contributed by atoms with Crippen molar-refractivity contribution >= 4 is 33.8 Å². The zero-order valence-corrected chi connectivity index (χ0v) is 13.0. The Morgan fingerprint density at radius 2 is 2.10 bits per heavy atom. The van der Waals surface area contributed by atoms with E-state index in [1.807, 2.05) is 0 Å². The van der Waals surface area contributed by atoms with Crippen LogP contribution in [0.15, 0.2) is 23.4 Å². The fourth-order valence-corrected chi connectivity index (χ4v) is 2.95. The third-order valence-electron chi connectivity index (χ3n) is 3.42. The monoisotopic (exact) mass is 304 g/mol. The minimum Gasteiger partial charge on any atom is -0.324 e. The average molecular weight is 304 g/mol. The van der Waals surface area contributed by atoms with Crippen LogP contribution in [0.5, 0.6) is 0 Å². The molecule has 0 radical (unpaired) electrons. The lowest BCUT2D eigenvalue weighted by Gasteiger charge is -2.05. The second-order valence-electron chi connectivity index (χ2n) is 4.87. The summed E-state index contributed by atoms with van der Waals surface area (Å²) in [5.74, 6) is 0.641. The van der Waals surface area contributed by atoms with Crippen molar-refractivity contribution in [1.29, 1.82) is 0 Å². The van der Waals surface area contributed by atoms with Crippen LogP contribution < -0.4 is 0 Å². The predicted octanol–water partition coefficient (Wildman–Crippen LogP) is 4.03. The van der Waals surface area contributed by atoms with Crippen LogP contribution in [0.3, 0.4) is 0 Å². The van der Waals surface area contributed by atoms with Gasteiger partial charge in [-0.3, -0.25) is 0 Å². The highest BCUT2D eigenvalue weighted by Gasteiger charge is 2.15. The third kappa shape index (κ3) is 2.60. The van der Waals surface area contributed by atoms with Gasteiger partial charge in [-0.1, -0.05) is 32.0 Å². The van der Waals surface area contributed by atoms with E-state index in [-0.39, 0.29) is 5.82 Å². The zero-order valence-electron chi connectivity index (χ0n) is 12.1. The number of aryl methyl sites for hydroxylation is 1. The molecule has 0 bridgehead atoms. The molecule has 2 aromatic heterocycles. The molecule has 0 unspecified atom stereocenters. The largest absolute Gasteiger partial charge is 0.324 e. The van der Waals surface area contributed by atoms with Gasteiger partial charge in [-0.15, -0.1) is 10.2 Å². The SMILES string of the molecule is CCCCn1c2ccc(F)cc2c2nnc(SCC)nc21. The van der Waals surface area contributed by atoms with E-state index in [0.717, 1.165) is 41.7 Å². The van der Waals surface area contributed by atoms with Crippen LogP contribution in [0, 0.1) is 5.82 Å². The number of fused-ring (bicyclic) bond motifs is 3. The van der Waals surface area contributed by atoms with Gasteiger partial charge < -0.3 is 4.57 Å². The molecule has 0 saturated carbocycles. The van der Waals surface area contributed by atoms with Crippen molar-refractivity contribution in [2.45, 2.75) is 38.4 Å². The smallest absolute Gasteiger partial charge is 0.211 e. The summed E-state index contributed by atoms with van der Waals surface area (Å²) in [5.41, 5.74) is 2.45. The minimum atomic E-state index is -0.258. The summed E-state index contributed by atoms with van der Waals surface area (Å²) in [7, 11) is 0. The Labute approximate surface area is 126 Å². The van der Waals surface area contributed by atoms with Crippen LogP contribution >= 0.6 is 11.8 Å². The van der Waals surface area contributed by atoms with Crippen LogP contribution in [0.1, 0.15) is 26.7 Å². The van der Waals surface area contributed by atoms with Crippen molar-refractivity contribution in [3.8, 4) is 0 Å². The van der Waals surface area contributed by atoms with Crippen molar-refractivity contribution in [1.82, 2.24) is 19.7 Å². The Balaban J connectivity index is 2.27. The van der Waals surface area contributed by atoms with Crippen LogP contribution in [-0.2, 0) is 6.54 Å². The number of nitrogens with zero attached hydrogens (tertiary/aromatic N) is 4. The normalized spacial score (nSPS) is 11.6. The minimum absolute atomic E-state index is 0.258. The molecule has 6 heteroatoms. The fourth-order valence-electron chi connectivity index (χ4n) is 2.45. The first-order valence-corrected chi connectivity index (χ1v) is 8.18. The Hall–Kier alpha value is -1.69. The molecule has 0 spiro atoms. The molecule has 21 heavy (non-hydrogen) atoms. The van der Waals surface area contributed by atoms with Gasteiger partial charge in [0, 0.05) is 11.9 Å². The number of thioether (sulfide) groups is 1. The van der Waals surface area contributed by atoms with Gasteiger partial charge in [-0.25, -0.2) is 9.37 Å². The van der Waals surface area contributed by atoms with Crippen LogP contribution in [0.4, 0.5) is 4.39 Å². The van der Waals surface area contributed by atoms with Gasteiger partial charge in [0.1, 0.15) is 11.3 Å². The maximum Gasteiger partial charge on any atom is 0.211 e. The Morgan fingerprint density at radius 1 is 1.24 bits per heavy atom. The molecule has 0 fully saturated rings. The van der Waals surface area contributed by atoms with E-state index in [2.05, 4.69) is 33.6 Å². The first-order valence-electron chi connectivity index (χ1n) is 7.19. The van der Waals surface area contributed by atoms with Gasteiger partial charge in [0.2, 0.25) is 5.16 Å².